The van der Waals surface area contributed by atoms with Gasteiger partial charge in [-0.1, -0.05) is 46.7 Å². The summed E-state index contributed by atoms with van der Waals surface area (Å²) in [5.74, 6) is 1.63. The summed E-state index contributed by atoms with van der Waals surface area (Å²) < 4.78 is 21.4. The van der Waals surface area contributed by atoms with Crippen LogP contribution in [-0.4, -0.2) is 24.9 Å². The van der Waals surface area contributed by atoms with Gasteiger partial charge in [0, 0.05) is 5.69 Å². The highest BCUT2D eigenvalue weighted by atomic mass is 32.2. The Morgan fingerprint density at radius 1 is 1.04 bits per heavy atom. The Bertz CT molecular complexity index is 1070. The van der Waals surface area contributed by atoms with E-state index in [0.717, 1.165) is 11.3 Å². The SMILES string of the molecule is Cc1ccc(-n2c(SCc3nc(C)no3)nnc2-c2ccccc2F)cc1. The lowest BCUT2D eigenvalue weighted by atomic mass is 10.2. The molecule has 0 spiro atoms. The van der Waals surface area contributed by atoms with E-state index >= 15 is 0 Å². The summed E-state index contributed by atoms with van der Waals surface area (Å²) >= 11 is 1.40. The van der Waals surface area contributed by atoms with Gasteiger partial charge in [-0.15, -0.1) is 10.2 Å². The summed E-state index contributed by atoms with van der Waals surface area (Å²) in [5.41, 5.74) is 2.38. The molecule has 2 heterocycles. The Morgan fingerprint density at radius 2 is 1.81 bits per heavy atom. The maximum absolute atomic E-state index is 14.4. The monoisotopic (exact) mass is 381 g/mol. The van der Waals surface area contributed by atoms with Gasteiger partial charge in [0.25, 0.3) is 0 Å². The van der Waals surface area contributed by atoms with Crippen molar-refractivity contribution in [3.05, 3.63) is 71.6 Å². The molecule has 4 aromatic rings. The van der Waals surface area contributed by atoms with Crippen LogP contribution in [0.5, 0.6) is 0 Å². The van der Waals surface area contributed by atoms with Crippen molar-refractivity contribution in [2.75, 3.05) is 0 Å². The number of hydrogen-bond acceptors (Lipinski definition) is 6. The molecule has 4 rings (SSSR count). The zero-order chi connectivity index (χ0) is 18.8. The highest BCUT2D eigenvalue weighted by Gasteiger charge is 2.19. The van der Waals surface area contributed by atoms with Crippen molar-refractivity contribution < 1.29 is 8.91 Å². The third-order valence-electron chi connectivity index (χ3n) is 3.93. The second kappa shape index (κ2) is 7.32. The van der Waals surface area contributed by atoms with E-state index in [-0.39, 0.29) is 5.82 Å². The molecule has 0 aliphatic rings. The van der Waals surface area contributed by atoms with Crippen LogP contribution in [0.2, 0.25) is 0 Å². The third kappa shape index (κ3) is 3.61. The predicted octanol–water partition coefficient (Wildman–Crippen LogP) is 4.37. The smallest absolute Gasteiger partial charge is 0.237 e. The van der Waals surface area contributed by atoms with E-state index in [1.807, 2.05) is 35.8 Å². The largest absolute Gasteiger partial charge is 0.338 e. The van der Waals surface area contributed by atoms with E-state index in [4.69, 9.17) is 4.52 Å². The van der Waals surface area contributed by atoms with Crippen LogP contribution in [0.15, 0.2) is 58.2 Å². The summed E-state index contributed by atoms with van der Waals surface area (Å²) in [4.78, 5) is 4.20. The predicted molar refractivity (Wildman–Crippen MR) is 100 cm³/mol. The van der Waals surface area contributed by atoms with Gasteiger partial charge in [0.05, 0.1) is 11.3 Å². The van der Waals surface area contributed by atoms with Crippen molar-refractivity contribution in [2.24, 2.45) is 0 Å². The number of aryl methyl sites for hydroxylation is 2. The number of rotatable bonds is 5. The van der Waals surface area contributed by atoms with Crippen molar-refractivity contribution in [3.63, 3.8) is 0 Å². The molecule has 0 N–H and O–H groups in total. The standard InChI is InChI=1S/C19H16FN5OS/c1-12-7-9-14(10-8-12)25-18(15-5-3-4-6-16(15)20)22-23-19(25)27-11-17-21-13(2)24-26-17/h3-10H,11H2,1-2H3. The average molecular weight is 381 g/mol. The van der Waals surface area contributed by atoms with Crippen LogP contribution in [0.3, 0.4) is 0 Å². The first-order valence-electron chi connectivity index (χ1n) is 8.31. The molecule has 8 heteroatoms. The van der Waals surface area contributed by atoms with Gasteiger partial charge in [-0.2, -0.15) is 4.98 Å². The van der Waals surface area contributed by atoms with Crippen molar-refractivity contribution in [2.45, 2.75) is 24.8 Å². The first-order chi connectivity index (χ1) is 13.1. The molecule has 0 saturated carbocycles. The average Bonchev–Trinajstić information content (AvgIpc) is 3.27. The van der Waals surface area contributed by atoms with Gasteiger partial charge in [-0.3, -0.25) is 4.57 Å². The molecule has 0 fully saturated rings. The lowest BCUT2D eigenvalue weighted by molar-refractivity contribution is 0.387. The number of halogens is 1. The first kappa shape index (κ1) is 17.4. The molecular weight excluding hydrogens is 365 g/mol. The normalized spacial score (nSPS) is 11.1. The summed E-state index contributed by atoms with van der Waals surface area (Å²) in [6.45, 7) is 3.78. The fourth-order valence-electron chi connectivity index (χ4n) is 2.63. The van der Waals surface area contributed by atoms with Crippen LogP contribution in [-0.2, 0) is 5.75 Å². The van der Waals surface area contributed by atoms with Crippen molar-refractivity contribution >= 4 is 11.8 Å². The molecule has 2 aromatic carbocycles. The molecule has 136 valence electrons. The zero-order valence-electron chi connectivity index (χ0n) is 14.8. The van der Waals surface area contributed by atoms with Crippen LogP contribution in [0.1, 0.15) is 17.3 Å². The van der Waals surface area contributed by atoms with Crippen LogP contribution in [0.4, 0.5) is 4.39 Å². The highest BCUT2D eigenvalue weighted by Crippen LogP contribution is 2.30. The quantitative estimate of drug-likeness (QED) is 0.478. The molecule has 0 atom stereocenters. The number of benzene rings is 2. The van der Waals surface area contributed by atoms with Crippen LogP contribution >= 0.6 is 11.8 Å². The lowest BCUT2D eigenvalue weighted by Gasteiger charge is -2.10. The summed E-state index contributed by atoms with van der Waals surface area (Å²) in [7, 11) is 0. The van der Waals surface area contributed by atoms with E-state index in [2.05, 4.69) is 20.3 Å². The molecular formula is C19H16FN5OS. The number of aromatic nitrogens is 5. The van der Waals surface area contributed by atoms with E-state index < -0.39 is 0 Å². The Labute approximate surface area is 159 Å². The van der Waals surface area contributed by atoms with Crippen molar-refractivity contribution in [1.29, 1.82) is 0 Å². The Kier molecular flexibility index (Phi) is 4.72. The van der Waals surface area contributed by atoms with Gasteiger partial charge in [0.15, 0.2) is 16.8 Å². The fraction of sp³-hybridized carbons (Fsp3) is 0.158. The minimum atomic E-state index is -0.345. The van der Waals surface area contributed by atoms with E-state index in [1.165, 1.54) is 17.8 Å². The number of thioether (sulfide) groups is 1. The van der Waals surface area contributed by atoms with Gasteiger partial charge in [-0.05, 0) is 38.1 Å². The number of nitrogens with zero attached hydrogens (tertiary/aromatic N) is 5. The lowest BCUT2D eigenvalue weighted by Crippen LogP contribution is -2.01. The molecule has 2 aromatic heterocycles. The third-order valence-corrected chi connectivity index (χ3v) is 4.85. The molecule has 27 heavy (non-hydrogen) atoms. The number of hydrogen-bond donors (Lipinski definition) is 0. The van der Waals surface area contributed by atoms with Gasteiger partial charge in [0.2, 0.25) is 5.89 Å². The van der Waals surface area contributed by atoms with Gasteiger partial charge < -0.3 is 4.52 Å². The second-order valence-electron chi connectivity index (χ2n) is 5.98. The Balaban J connectivity index is 1.77. The zero-order valence-corrected chi connectivity index (χ0v) is 15.6. The molecule has 0 aliphatic heterocycles. The second-order valence-corrected chi connectivity index (χ2v) is 6.92. The molecule has 6 nitrogen and oxygen atoms in total. The van der Waals surface area contributed by atoms with Crippen LogP contribution in [0, 0.1) is 19.7 Å². The Morgan fingerprint density at radius 3 is 2.52 bits per heavy atom. The van der Waals surface area contributed by atoms with E-state index in [0.29, 0.717) is 34.0 Å². The van der Waals surface area contributed by atoms with Gasteiger partial charge >= 0.3 is 0 Å². The summed E-state index contributed by atoms with van der Waals surface area (Å²) in [6, 6.07) is 14.5. The maximum atomic E-state index is 14.4. The van der Waals surface area contributed by atoms with Crippen LogP contribution < -0.4 is 0 Å². The molecule has 0 bridgehead atoms. The minimum Gasteiger partial charge on any atom is -0.338 e. The summed E-state index contributed by atoms with van der Waals surface area (Å²) in [6.07, 6.45) is 0. The molecule has 0 amide bonds. The molecule has 0 saturated heterocycles. The van der Waals surface area contributed by atoms with Crippen molar-refractivity contribution in [3.8, 4) is 17.1 Å². The fourth-order valence-corrected chi connectivity index (χ4v) is 3.42. The molecule has 0 aliphatic carbocycles. The van der Waals surface area contributed by atoms with Crippen molar-refractivity contribution in [1.82, 2.24) is 24.9 Å². The highest BCUT2D eigenvalue weighted by molar-refractivity contribution is 7.98. The van der Waals surface area contributed by atoms with Gasteiger partial charge in [0.1, 0.15) is 5.82 Å². The Hall–Kier alpha value is -3.00. The molecule has 0 unspecified atom stereocenters. The van der Waals surface area contributed by atoms with Crippen LogP contribution in [0.25, 0.3) is 17.1 Å². The van der Waals surface area contributed by atoms with E-state index in [1.54, 1.807) is 25.1 Å². The molecule has 0 radical (unpaired) electrons. The minimum absolute atomic E-state index is 0.345. The first-order valence-corrected chi connectivity index (χ1v) is 9.30. The summed E-state index contributed by atoms with van der Waals surface area (Å²) in [5, 5.41) is 12.9. The maximum Gasteiger partial charge on any atom is 0.237 e. The van der Waals surface area contributed by atoms with E-state index in [9.17, 15) is 4.39 Å². The topological polar surface area (TPSA) is 69.6 Å². The van der Waals surface area contributed by atoms with Gasteiger partial charge in [-0.25, -0.2) is 4.39 Å².